The Labute approximate surface area is 216 Å². The first-order valence-electron chi connectivity index (χ1n) is 12.2. The average Bonchev–Trinajstić information content (AvgIpc) is 3.36. The van der Waals surface area contributed by atoms with Crippen molar-refractivity contribution in [2.45, 2.75) is 38.9 Å². The van der Waals surface area contributed by atoms with Crippen molar-refractivity contribution < 1.29 is 9.31 Å². The number of benzene rings is 4. The zero-order valence-electron chi connectivity index (χ0n) is 20.8. The minimum absolute atomic E-state index is 0.371. The van der Waals surface area contributed by atoms with E-state index in [9.17, 15) is 5.26 Å². The molecular weight excluding hydrogens is 461 g/mol. The molecule has 6 rings (SSSR count). The molecule has 3 nitrogen and oxygen atoms in total. The lowest BCUT2D eigenvalue weighted by Gasteiger charge is -2.32. The summed E-state index contributed by atoms with van der Waals surface area (Å²) in [6, 6.07) is 31.8. The number of fused-ring (bicyclic) bond motifs is 3. The minimum atomic E-state index is -0.385. The summed E-state index contributed by atoms with van der Waals surface area (Å²) in [5.74, 6) is 0. The molecule has 1 fully saturated rings. The van der Waals surface area contributed by atoms with Crippen molar-refractivity contribution in [3.8, 4) is 28.3 Å². The Morgan fingerprint density at radius 3 is 2.14 bits per heavy atom. The van der Waals surface area contributed by atoms with Crippen LogP contribution in [0.1, 0.15) is 33.3 Å². The molecule has 4 aromatic carbocycles. The molecule has 1 aromatic heterocycles. The molecule has 36 heavy (non-hydrogen) atoms. The third kappa shape index (κ3) is 3.74. The number of rotatable bonds is 3. The van der Waals surface area contributed by atoms with Crippen LogP contribution >= 0.6 is 11.3 Å². The highest BCUT2D eigenvalue weighted by molar-refractivity contribution is 7.26. The number of thiophene rings is 1. The van der Waals surface area contributed by atoms with Crippen molar-refractivity contribution in [3.63, 3.8) is 0 Å². The number of nitrogens with zero attached hydrogens (tertiary/aromatic N) is 1. The highest BCUT2D eigenvalue weighted by atomic mass is 32.1. The van der Waals surface area contributed by atoms with Gasteiger partial charge in [0, 0.05) is 20.2 Å². The first-order valence-corrected chi connectivity index (χ1v) is 13.0. The average molecular weight is 487 g/mol. The van der Waals surface area contributed by atoms with Gasteiger partial charge in [0.25, 0.3) is 0 Å². The molecule has 0 saturated carbocycles. The Morgan fingerprint density at radius 1 is 0.722 bits per heavy atom. The molecule has 1 aliphatic rings. The van der Waals surface area contributed by atoms with E-state index in [4.69, 9.17) is 9.31 Å². The predicted molar refractivity (Wildman–Crippen MR) is 151 cm³/mol. The van der Waals surface area contributed by atoms with Gasteiger partial charge in [0.05, 0.1) is 22.8 Å². The summed E-state index contributed by atoms with van der Waals surface area (Å²) >= 11 is 1.78. The minimum Gasteiger partial charge on any atom is -0.399 e. The van der Waals surface area contributed by atoms with Crippen LogP contribution in [0.5, 0.6) is 0 Å². The fourth-order valence-corrected chi connectivity index (χ4v) is 6.02. The second-order valence-corrected chi connectivity index (χ2v) is 11.5. The van der Waals surface area contributed by atoms with Gasteiger partial charge in [-0.2, -0.15) is 5.26 Å². The molecule has 176 valence electrons. The van der Waals surface area contributed by atoms with E-state index in [1.165, 1.54) is 25.9 Å². The van der Waals surface area contributed by atoms with Crippen LogP contribution < -0.4 is 5.46 Å². The molecule has 0 N–H and O–H groups in total. The van der Waals surface area contributed by atoms with Crippen molar-refractivity contribution in [3.05, 3.63) is 90.5 Å². The Morgan fingerprint density at radius 2 is 1.39 bits per heavy atom. The SMILES string of the molecule is CC1(C)OB(c2cccc(-c3cccc(-c4cccc5c4sc4ccc(C#N)cc45)c3)c2)OC1(C)C. The van der Waals surface area contributed by atoms with Crippen LogP contribution in [0.3, 0.4) is 0 Å². The molecule has 0 bridgehead atoms. The van der Waals surface area contributed by atoms with Gasteiger partial charge in [-0.1, -0.05) is 60.7 Å². The smallest absolute Gasteiger partial charge is 0.399 e. The Hall–Kier alpha value is -3.43. The van der Waals surface area contributed by atoms with Crippen molar-refractivity contribution in [1.82, 2.24) is 0 Å². The Kier molecular flexibility index (Phi) is 5.31. The van der Waals surface area contributed by atoms with Gasteiger partial charge >= 0.3 is 7.12 Å². The monoisotopic (exact) mass is 487 g/mol. The van der Waals surface area contributed by atoms with E-state index in [0.29, 0.717) is 5.56 Å². The maximum Gasteiger partial charge on any atom is 0.494 e. The summed E-state index contributed by atoms with van der Waals surface area (Å²) < 4.78 is 15.0. The molecule has 0 spiro atoms. The van der Waals surface area contributed by atoms with E-state index >= 15 is 0 Å². The third-order valence-electron chi connectivity index (χ3n) is 7.54. The van der Waals surface area contributed by atoms with Crippen molar-refractivity contribution >= 4 is 44.1 Å². The van der Waals surface area contributed by atoms with E-state index in [1.807, 2.05) is 12.1 Å². The number of nitriles is 1. The topological polar surface area (TPSA) is 42.2 Å². The largest absolute Gasteiger partial charge is 0.494 e. The standard InChI is InChI=1S/C31H26BNO2S/c1-30(2)31(3,4)35-32(34-30)24-11-6-9-22(18-24)21-8-5-10-23(17-21)25-12-7-13-26-27-16-20(19-33)14-15-28(27)36-29(25)26/h5-18H,1-4H3. The lowest BCUT2D eigenvalue weighted by molar-refractivity contribution is 0.00578. The van der Waals surface area contributed by atoms with Crippen molar-refractivity contribution in [1.29, 1.82) is 5.26 Å². The molecule has 5 aromatic rings. The molecule has 2 heterocycles. The van der Waals surface area contributed by atoms with E-state index in [-0.39, 0.29) is 18.3 Å². The van der Waals surface area contributed by atoms with Gasteiger partial charge in [0.2, 0.25) is 0 Å². The zero-order chi connectivity index (χ0) is 25.1. The lowest BCUT2D eigenvalue weighted by atomic mass is 9.78. The first kappa shape index (κ1) is 23.0. The van der Waals surface area contributed by atoms with Crippen LogP contribution in [0.15, 0.2) is 84.9 Å². The fourth-order valence-electron chi connectivity index (χ4n) is 4.81. The van der Waals surface area contributed by atoms with Crippen molar-refractivity contribution in [2.24, 2.45) is 0 Å². The zero-order valence-corrected chi connectivity index (χ0v) is 21.6. The first-order chi connectivity index (χ1) is 17.3. The van der Waals surface area contributed by atoms with Crippen LogP contribution in [-0.4, -0.2) is 18.3 Å². The van der Waals surface area contributed by atoms with Crippen LogP contribution in [0, 0.1) is 11.3 Å². The predicted octanol–water partition coefficient (Wildman–Crippen LogP) is 7.56. The maximum atomic E-state index is 9.36. The van der Waals surface area contributed by atoms with Gasteiger partial charge in [-0.3, -0.25) is 0 Å². The molecule has 0 radical (unpaired) electrons. The molecule has 0 unspecified atom stereocenters. The highest BCUT2D eigenvalue weighted by Crippen LogP contribution is 2.41. The Bertz CT molecular complexity index is 1660. The summed E-state index contributed by atoms with van der Waals surface area (Å²) in [5.41, 5.74) is 5.63. The second-order valence-electron chi connectivity index (χ2n) is 10.4. The molecule has 1 aliphatic heterocycles. The fraction of sp³-hybridized carbons (Fsp3) is 0.194. The van der Waals surface area contributed by atoms with E-state index in [1.54, 1.807) is 11.3 Å². The van der Waals surface area contributed by atoms with E-state index in [0.717, 1.165) is 22.0 Å². The van der Waals surface area contributed by atoms with Gasteiger partial charge < -0.3 is 9.31 Å². The highest BCUT2D eigenvalue weighted by Gasteiger charge is 2.51. The van der Waals surface area contributed by atoms with E-state index < -0.39 is 0 Å². The number of hydrogen-bond acceptors (Lipinski definition) is 4. The van der Waals surface area contributed by atoms with Crippen molar-refractivity contribution in [2.75, 3.05) is 0 Å². The van der Waals surface area contributed by atoms with Gasteiger partial charge in [-0.15, -0.1) is 11.3 Å². The van der Waals surface area contributed by atoms with Crippen LogP contribution in [-0.2, 0) is 9.31 Å². The molecule has 0 aliphatic carbocycles. The summed E-state index contributed by atoms with van der Waals surface area (Å²) in [5, 5.41) is 11.7. The van der Waals surface area contributed by atoms with E-state index in [2.05, 4.69) is 107 Å². The number of hydrogen-bond donors (Lipinski definition) is 0. The molecular formula is C31H26BNO2S. The Balaban J connectivity index is 1.40. The lowest BCUT2D eigenvalue weighted by Crippen LogP contribution is -2.41. The normalized spacial score (nSPS) is 16.5. The molecule has 5 heteroatoms. The summed E-state index contributed by atoms with van der Waals surface area (Å²) in [6.45, 7) is 8.32. The van der Waals surface area contributed by atoms with Gasteiger partial charge in [-0.05, 0) is 79.7 Å². The maximum absolute atomic E-state index is 9.36. The summed E-state index contributed by atoms with van der Waals surface area (Å²) in [4.78, 5) is 0. The molecule has 1 saturated heterocycles. The van der Waals surface area contributed by atoms with Crippen LogP contribution in [0.25, 0.3) is 42.4 Å². The van der Waals surface area contributed by atoms with Gasteiger partial charge in [-0.25, -0.2) is 0 Å². The molecule has 0 atom stereocenters. The van der Waals surface area contributed by atoms with Crippen LogP contribution in [0.2, 0.25) is 0 Å². The third-order valence-corrected chi connectivity index (χ3v) is 8.76. The summed E-state index contributed by atoms with van der Waals surface area (Å²) in [7, 11) is -0.385. The second kappa shape index (κ2) is 8.32. The molecule has 0 amide bonds. The van der Waals surface area contributed by atoms with Gasteiger partial charge in [0.1, 0.15) is 0 Å². The van der Waals surface area contributed by atoms with Crippen LogP contribution in [0.4, 0.5) is 0 Å². The van der Waals surface area contributed by atoms with Gasteiger partial charge in [0.15, 0.2) is 0 Å². The summed E-state index contributed by atoms with van der Waals surface area (Å²) in [6.07, 6.45) is 0. The quantitative estimate of drug-likeness (QED) is 0.247.